The molecule has 2 aliphatic heterocycles. The van der Waals surface area contributed by atoms with Crippen molar-refractivity contribution in [3.63, 3.8) is 0 Å². The van der Waals surface area contributed by atoms with Gasteiger partial charge in [0.25, 0.3) is 0 Å². The van der Waals surface area contributed by atoms with Crippen LogP contribution in [0.5, 0.6) is 11.5 Å². The Morgan fingerprint density at radius 2 is 1.83 bits per heavy atom. The van der Waals surface area contributed by atoms with Crippen LogP contribution in [0, 0.1) is 5.92 Å². The number of carbonyl (C=O) groups excluding carboxylic acids is 1. The van der Waals surface area contributed by atoms with Gasteiger partial charge in [0.1, 0.15) is 13.2 Å². The van der Waals surface area contributed by atoms with Crippen LogP contribution in [0.15, 0.2) is 24.3 Å². The number of benzene rings is 1. The molecule has 2 aliphatic rings. The summed E-state index contributed by atoms with van der Waals surface area (Å²) in [5.74, 6) is 0.206. The van der Waals surface area contributed by atoms with Crippen LogP contribution >= 0.6 is 0 Å². The highest BCUT2D eigenvalue weighted by Crippen LogP contribution is 2.31. The highest BCUT2D eigenvalue weighted by Gasteiger charge is 2.25. The Bertz CT molecular complexity index is 632. The number of amides is 1. The summed E-state index contributed by atoms with van der Waals surface area (Å²) in [6.45, 7) is 2.05. The van der Waals surface area contributed by atoms with Crippen LogP contribution in [0.4, 0.5) is 0 Å². The summed E-state index contributed by atoms with van der Waals surface area (Å²) < 4.78 is 11.0. The number of carboxylic acid groups (broad SMARTS) is 1. The van der Waals surface area contributed by atoms with Crippen LogP contribution in [0.1, 0.15) is 18.4 Å². The summed E-state index contributed by atoms with van der Waals surface area (Å²) in [5, 5.41) is 8.97. The fraction of sp³-hybridized carbons (Fsp3) is 0.412. The first-order chi connectivity index (χ1) is 11.1. The number of piperidine rings is 1. The van der Waals surface area contributed by atoms with Crippen molar-refractivity contribution in [1.82, 2.24) is 4.90 Å². The number of rotatable bonds is 3. The Hall–Kier alpha value is -2.50. The van der Waals surface area contributed by atoms with Gasteiger partial charge in [-0.1, -0.05) is 6.07 Å². The van der Waals surface area contributed by atoms with Crippen molar-refractivity contribution >= 4 is 18.0 Å². The summed E-state index contributed by atoms with van der Waals surface area (Å²) in [5.41, 5.74) is 0.864. The summed E-state index contributed by atoms with van der Waals surface area (Å²) >= 11 is 0. The number of hydrogen-bond donors (Lipinski definition) is 1. The molecule has 0 atom stereocenters. The van der Waals surface area contributed by atoms with Crippen molar-refractivity contribution in [2.45, 2.75) is 12.8 Å². The van der Waals surface area contributed by atoms with Gasteiger partial charge in [-0.15, -0.1) is 0 Å². The van der Waals surface area contributed by atoms with Crippen LogP contribution in [0.25, 0.3) is 6.08 Å². The smallest absolute Gasteiger partial charge is 0.306 e. The van der Waals surface area contributed by atoms with Crippen molar-refractivity contribution in [2.75, 3.05) is 26.3 Å². The van der Waals surface area contributed by atoms with Gasteiger partial charge in [0.2, 0.25) is 5.91 Å². The van der Waals surface area contributed by atoms with E-state index >= 15 is 0 Å². The van der Waals surface area contributed by atoms with Gasteiger partial charge >= 0.3 is 5.97 Å². The summed E-state index contributed by atoms with van der Waals surface area (Å²) in [6, 6.07) is 5.54. The van der Waals surface area contributed by atoms with Crippen molar-refractivity contribution < 1.29 is 24.2 Å². The minimum atomic E-state index is -0.774. The Kier molecular flexibility index (Phi) is 4.50. The number of fused-ring (bicyclic) bond motifs is 1. The lowest BCUT2D eigenvalue weighted by Gasteiger charge is -2.29. The Balaban J connectivity index is 1.59. The molecule has 1 aromatic carbocycles. The molecule has 0 spiro atoms. The van der Waals surface area contributed by atoms with Gasteiger partial charge in [-0.25, -0.2) is 0 Å². The second-order valence-corrected chi connectivity index (χ2v) is 5.67. The van der Waals surface area contributed by atoms with Gasteiger partial charge in [0.15, 0.2) is 11.5 Å². The lowest BCUT2D eigenvalue weighted by atomic mass is 9.97. The molecule has 2 heterocycles. The lowest BCUT2D eigenvalue weighted by Crippen LogP contribution is -2.39. The van der Waals surface area contributed by atoms with Crippen molar-refractivity contribution in [3.8, 4) is 11.5 Å². The molecule has 0 saturated carbocycles. The van der Waals surface area contributed by atoms with E-state index in [1.165, 1.54) is 6.08 Å². The van der Waals surface area contributed by atoms with E-state index in [4.69, 9.17) is 14.6 Å². The van der Waals surface area contributed by atoms with Crippen molar-refractivity contribution in [3.05, 3.63) is 29.8 Å². The normalized spacial score (nSPS) is 18.2. The summed E-state index contributed by atoms with van der Waals surface area (Å²) in [7, 11) is 0. The van der Waals surface area contributed by atoms with Crippen molar-refractivity contribution in [1.29, 1.82) is 0 Å². The minimum absolute atomic E-state index is 0.0938. The van der Waals surface area contributed by atoms with Gasteiger partial charge in [-0.05, 0) is 36.6 Å². The van der Waals surface area contributed by atoms with Gasteiger partial charge in [0.05, 0.1) is 5.92 Å². The maximum Gasteiger partial charge on any atom is 0.306 e. The second kappa shape index (κ2) is 6.73. The Labute approximate surface area is 134 Å². The first kappa shape index (κ1) is 15.4. The van der Waals surface area contributed by atoms with Gasteiger partial charge in [-0.3, -0.25) is 9.59 Å². The molecule has 1 amide bonds. The zero-order chi connectivity index (χ0) is 16.2. The average Bonchev–Trinajstić information content (AvgIpc) is 2.59. The van der Waals surface area contributed by atoms with E-state index in [0.717, 1.165) is 11.3 Å². The SMILES string of the molecule is O=C(O)C1CCN(C(=O)/C=C/c2ccc3c(c2)OCCO3)CC1. The Morgan fingerprint density at radius 3 is 2.52 bits per heavy atom. The number of hydrogen-bond acceptors (Lipinski definition) is 4. The molecule has 0 radical (unpaired) electrons. The molecule has 0 unspecified atom stereocenters. The Morgan fingerprint density at radius 1 is 1.13 bits per heavy atom. The number of ether oxygens (including phenoxy) is 2. The maximum absolute atomic E-state index is 12.2. The number of carboxylic acids is 1. The van der Waals surface area contributed by atoms with E-state index in [2.05, 4.69) is 0 Å². The fourth-order valence-electron chi connectivity index (χ4n) is 2.78. The molecule has 1 saturated heterocycles. The van der Waals surface area contributed by atoms with Crippen LogP contribution in [-0.2, 0) is 9.59 Å². The number of aliphatic carboxylic acids is 1. The van der Waals surface area contributed by atoms with Gasteiger partial charge in [-0.2, -0.15) is 0 Å². The molecule has 122 valence electrons. The molecular weight excluding hydrogens is 298 g/mol. The van der Waals surface area contributed by atoms with Crippen LogP contribution in [0.2, 0.25) is 0 Å². The number of likely N-dealkylation sites (tertiary alicyclic amines) is 1. The van der Waals surface area contributed by atoms with Crippen LogP contribution in [-0.4, -0.2) is 48.2 Å². The van der Waals surface area contributed by atoms with Crippen LogP contribution < -0.4 is 9.47 Å². The zero-order valence-corrected chi connectivity index (χ0v) is 12.7. The average molecular weight is 317 g/mol. The third-order valence-electron chi connectivity index (χ3n) is 4.14. The predicted octanol–water partition coefficient (Wildman–Crippen LogP) is 1.79. The molecule has 6 nitrogen and oxygen atoms in total. The largest absolute Gasteiger partial charge is 0.486 e. The number of nitrogens with zero attached hydrogens (tertiary/aromatic N) is 1. The zero-order valence-electron chi connectivity index (χ0n) is 12.7. The number of carbonyl (C=O) groups is 2. The molecule has 6 heteroatoms. The van der Waals surface area contributed by atoms with Gasteiger partial charge < -0.3 is 19.5 Å². The molecule has 3 rings (SSSR count). The monoisotopic (exact) mass is 317 g/mol. The van der Waals surface area contributed by atoms with Gasteiger partial charge in [0, 0.05) is 19.2 Å². The molecule has 0 aromatic heterocycles. The summed E-state index contributed by atoms with van der Waals surface area (Å²) in [4.78, 5) is 24.8. The predicted molar refractivity (Wildman–Crippen MR) is 83.4 cm³/mol. The van der Waals surface area contributed by atoms with Crippen LogP contribution in [0.3, 0.4) is 0 Å². The topological polar surface area (TPSA) is 76.1 Å². The molecule has 1 fully saturated rings. The first-order valence-electron chi connectivity index (χ1n) is 7.73. The van der Waals surface area contributed by atoms with E-state index in [1.807, 2.05) is 18.2 Å². The van der Waals surface area contributed by atoms with Crippen molar-refractivity contribution in [2.24, 2.45) is 5.92 Å². The molecule has 0 bridgehead atoms. The third-order valence-corrected chi connectivity index (χ3v) is 4.14. The van der Waals surface area contributed by atoms with E-state index in [-0.39, 0.29) is 11.8 Å². The highest BCUT2D eigenvalue weighted by molar-refractivity contribution is 5.92. The molecule has 0 aliphatic carbocycles. The second-order valence-electron chi connectivity index (χ2n) is 5.67. The third kappa shape index (κ3) is 3.64. The van der Waals surface area contributed by atoms with E-state index in [9.17, 15) is 9.59 Å². The van der Waals surface area contributed by atoms with E-state index in [0.29, 0.717) is 44.9 Å². The maximum atomic E-state index is 12.2. The molecule has 23 heavy (non-hydrogen) atoms. The molecule has 1 aromatic rings. The fourth-order valence-corrected chi connectivity index (χ4v) is 2.78. The molecular formula is C17H19NO5. The van der Waals surface area contributed by atoms with E-state index < -0.39 is 5.97 Å². The molecule has 1 N–H and O–H groups in total. The quantitative estimate of drug-likeness (QED) is 0.860. The first-order valence-corrected chi connectivity index (χ1v) is 7.73. The standard InChI is InChI=1S/C17H19NO5/c19-16(18-7-5-13(6-8-18)17(20)21)4-2-12-1-3-14-15(11-12)23-10-9-22-14/h1-4,11,13H,5-10H2,(H,20,21)/b4-2+. The summed E-state index contributed by atoms with van der Waals surface area (Å²) in [6.07, 6.45) is 4.29. The van der Waals surface area contributed by atoms with E-state index in [1.54, 1.807) is 11.0 Å². The minimum Gasteiger partial charge on any atom is -0.486 e. The lowest BCUT2D eigenvalue weighted by molar-refractivity contribution is -0.144. The highest BCUT2D eigenvalue weighted by atomic mass is 16.6.